The first-order chi connectivity index (χ1) is 8.41. The number of nitrogens with zero attached hydrogens (tertiary/aromatic N) is 2. The summed E-state index contributed by atoms with van der Waals surface area (Å²) in [6.45, 7) is 0.557. The van der Waals surface area contributed by atoms with Crippen LogP contribution in [0.2, 0.25) is 0 Å². The van der Waals surface area contributed by atoms with Crippen molar-refractivity contribution in [2.45, 2.75) is 24.6 Å². The van der Waals surface area contributed by atoms with E-state index in [-0.39, 0.29) is 6.61 Å². The van der Waals surface area contributed by atoms with Gasteiger partial charge in [0.15, 0.2) is 5.60 Å². The van der Waals surface area contributed by atoms with Crippen LogP contribution in [-0.4, -0.2) is 56.6 Å². The van der Waals surface area contributed by atoms with Gasteiger partial charge in [-0.25, -0.2) is 0 Å². The van der Waals surface area contributed by atoms with Gasteiger partial charge < -0.3 is 14.4 Å². The van der Waals surface area contributed by atoms with Crippen molar-refractivity contribution in [1.29, 1.82) is 5.26 Å². The minimum atomic E-state index is -4.27. The number of piperidine rings is 1. The van der Waals surface area contributed by atoms with Crippen molar-refractivity contribution in [2.75, 3.05) is 40.0 Å². The normalized spacial score (nSPS) is 20.6. The summed E-state index contributed by atoms with van der Waals surface area (Å²) < 4.78 is 45.2. The first-order valence-corrected chi connectivity index (χ1v) is 5.74. The number of rotatable bonds is 5. The second kappa shape index (κ2) is 6.36. The van der Waals surface area contributed by atoms with E-state index in [4.69, 9.17) is 10.00 Å². The van der Waals surface area contributed by atoms with Crippen LogP contribution < -0.4 is 0 Å². The fraction of sp³-hybridized carbons (Fsp3) is 0.909. The van der Waals surface area contributed by atoms with Crippen molar-refractivity contribution in [3.05, 3.63) is 0 Å². The Labute approximate surface area is 104 Å². The van der Waals surface area contributed by atoms with Gasteiger partial charge in [-0.2, -0.15) is 18.4 Å². The van der Waals surface area contributed by atoms with E-state index in [1.165, 1.54) is 7.11 Å². The summed E-state index contributed by atoms with van der Waals surface area (Å²) in [5.41, 5.74) is -0.733. The van der Waals surface area contributed by atoms with Gasteiger partial charge in [0.1, 0.15) is 6.61 Å². The van der Waals surface area contributed by atoms with Crippen LogP contribution in [0.25, 0.3) is 0 Å². The van der Waals surface area contributed by atoms with E-state index in [1.807, 2.05) is 4.90 Å². The third-order valence-corrected chi connectivity index (χ3v) is 3.08. The van der Waals surface area contributed by atoms with Crippen LogP contribution in [0.15, 0.2) is 0 Å². The topological polar surface area (TPSA) is 45.5 Å². The number of likely N-dealkylation sites (tertiary alicyclic amines) is 1. The second-order valence-corrected chi connectivity index (χ2v) is 4.32. The molecule has 1 aliphatic heterocycles. The minimum Gasteiger partial charge on any atom is -0.371 e. The van der Waals surface area contributed by atoms with Crippen molar-refractivity contribution in [1.82, 2.24) is 4.90 Å². The molecule has 0 spiro atoms. The van der Waals surface area contributed by atoms with Crippen LogP contribution in [-0.2, 0) is 9.47 Å². The van der Waals surface area contributed by atoms with E-state index in [1.54, 1.807) is 0 Å². The van der Waals surface area contributed by atoms with E-state index in [0.717, 1.165) is 0 Å². The Bertz CT molecular complexity index is 294. The fourth-order valence-corrected chi connectivity index (χ4v) is 1.88. The number of methoxy groups -OCH3 is 1. The number of alkyl halides is 3. The number of ether oxygens (including phenoxy) is 2. The molecule has 0 aliphatic carbocycles. The first-order valence-electron chi connectivity index (χ1n) is 5.74. The molecule has 0 unspecified atom stereocenters. The highest BCUT2D eigenvalue weighted by Gasteiger charge is 2.34. The predicted molar refractivity (Wildman–Crippen MR) is 57.9 cm³/mol. The van der Waals surface area contributed by atoms with E-state index in [2.05, 4.69) is 10.8 Å². The molecule has 4 nitrogen and oxygen atoms in total. The molecule has 0 aromatic carbocycles. The molecule has 7 heteroatoms. The lowest BCUT2D eigenvalue weighted by molar-refractivity contribution is -0.174. The van der Waals surface area contributed by atoms with Crippen LogP contribution in [0.4, 0.5) is 13.2 Å². The van der Waals surface area contributed by atoms with Gasteiger partial charge in [0, 0.05) is 39.6 Å². The summed E-state index contributed by atoms with van der Waals surface area (Å²) in [5.74, 6) is 0. The van der Waals surface area contributed by atoms with Gasteiger partial charge in [-0.1, -0.05) is 0 Å². The van der Waals surface area contributed by atoms with Crippen LogP contribution in [0, 0.1) is 11.3 Å². The van der Waals surface area contributed by atoms with E-state index >= 15 is 0 Å². The Hall–Kier alpha value is -0.840. The maximum Gasteiger partial charge on any atom is 0.411 e. The van der Waals surface area contributed by atoms with Crippen molar-refractivity contribution in [2.24, 2.45) is 0 Å². The molecule has 1 fully saturated rings. The smallest absolute Gasteiger partial charge is 0.371 e. The fourth-order valence-electron chi connectivity index (χ4n) is 1.88. The van der Waals surface area contributed by atoms with Crippen LogP contribution in [0.3, 0.4) is 0 Å². The Balaban J connectivity index is 2.19. The summed E-state index contributed by atoms with van der Waals surface area (Å²) in [5, 5.41) is 8.99. The van der Waals surface area contributed by atoms with Gasteiger partial charge in [0.25, 0.3) is 0 Å². The van der Waals surface area contributed by atoms with Gasteiger partial charge in [-0.05, 0) is 0 Å². The van der Waals surface area contributed by atoms with Crippen molar-refractivity contribution >= 4 is 0 Å². The Morgan fingerprint density at radius 1 is 1.33 bits per heavy atom. The number of halogens is 3. The molecule has 0 N–H and O–H groups in total. The van der Waals surface area contributed by atoms with Crippen LogP contribution >= 0.6 is 0 Å². The Morgan fingerprint density at radius 2 is 1.94 bits per heavy atom. The summed E-state index contributed by atoms with van der Waals surface area (Å²) in [6.07, 6.45) is -3.13. The van der Waals surface area contributed by atoms with Gasteiger partial charge in [0.05, 0.1) is 12.7 Å². The Morgan fingerprint density at radius 3 is 2.39 bits per heavy atom. The standard InChI is InChI=1S/C11H17F3N2O2/c1-17-10(8-15)2-4-16(5-3-10)6-7-18-9-11(12,13)14/h2-7,9H2,1H3. The zero-order valence-corrected chi connectivity index (χ0v) is 10.3. The van der Waals surface area contributed by atoms with Gasteiger partial charge in [-0.15, -0.1) is 0 Å². The molecule has 0 radical (unpaired) electrons. The maximum absolute atomic E-state index is 11.8. The summed E-state index contributed by atoms with van der Waals surface area (Å²) in [4.78, 5) is 1.98. The summed E-state index contributed by atoms with van der Waals surface area (Å²) in [6, 6.07) is 2.15. The second-order valence-electron chi connectivity index (χ2n) is 4.32. The predicted octanol–water partition coefficient (Wildman–Crippen LogP) is 1.57. The summed E-state index contributed by atoms with van der Waals surface area (Å²) in [7, 11) is 1.51. The van der Waals surface area contributed by atoms with Gasteiger partial charge in [-0.3, -0.25) is 0 Å². The first kappa shape index (κ1) is 15.2. The summed E-state index contributed by atoms with van der Waals surface area (Å²) >= 11 is 0. The molecule has 0 atom stereocenters. The molecule has 0 amide bonds. The quantitative estimate of drug-likeness (QED) is 0.709. The van der Waals surface area contributed by atoms with Crippen molar-refractivity contribution in [3.63, 3.8) is 0 Å². The lowest BCUT2D eigenvalue weighted by atomic mass is 9.93. The maximum atomic E-state index is 11.8. The Kier molecular flexibility index (Phi) is 5.38. The molecule has 0 aromatic rings. The van der Waals surface area contributed by atoms with E-state index < -0.39 is 18.4 Å². The molecule has 0 aromatic heterocycles. The highest BCUT2D eigenvalue weighted by molar-refractivity contribution is 5.04. The number of hydrogen-bond donors (Lipinski definition) is 0. The zero-order valence-electron chi connectivity index (χ0n) is 10.3. The molecular formula is C11H17F3N2O2. The monoisotopic (exact) mass is 266 g/mol. The molecule has 104 valence electrons. The molecule has 1 rings (SSSR count). The third-order valence-electron chi connectivity index (χ3n) is 3.08. The molecule has 18 heavy (non-hydrogen) atoms. The molecular weight excluding hydrogens is 249 g/mol. The van der Waals surface area contributed by atoms with Crippen molar-refractivity contribution in [3.8, 4) is 6.07 Å². The molecule has 0 saturated carbocycles. The lowest BCUT2D eigenvalue weighted by Crippen LogP contribution is -2.45. The van der Waals surface area contributed by atoms with Crippen LogP contribution in [0.5, 0.6) is 0 Å². The SMILES string of the molecule is COC1(C#N)CCN(CCOCC(F)(F)F)CC1. The largest absolute Gasteiger partial charge is 0.411 e. The zero-order chi connectivity index (χ0) is 13.6. The van der Waals surface area contributed by atoms with Gasteiger partial charge >= 0.3 is 6.18 Å². The van der Waals surface area contributed by atoms with E-state index in [0.29, 0.717) is 32.5 Å². The molecule has 0 bridgehead atoms. The highest BCUT2D eigenvalue weighted by Crippen LogP contribution is 2.24. The average molecular weight is 266 g/mol. The third kappa shape index (κ3) is 4.80. The molecule has 1 aliphatic rings. The number of hydrogen-bond acceptors (Lipinski definition) is 4. The molecule has 1 saturated heterocycles. The number of nitriles is 1. The average Bonchev–Trinajstić information content (AvgIpc) is 2.34. The minimum absolute atomic E-state index is 0.0477. The lowest BCUT2D eigenvalue weighted by Gasteiger charge is -2.36. The van der Waals surface area contributed by atoms with Gasteiger partial charge in [0.2, 0.25) is 0 Å². The van der Waals surface area contributed by atoms with Crippen molar-refractivity contribution < 1.29 is 22.6 Å². The highest BCUT2D eigenvalue weighted by atomic mass is 19.4. The molecule has 1 heterocycles. The van der Waals surface area contributed by atoms with Crippen LogP contribution in [0.1, 0.15) is 12.8 Å². The van der Waals surface area contributed by atoms with E-state index in [9.17, 15) is 13.2 Å².